The van der Waals surface area contributed by atoms with Crippen molar-refractivity contribution in [2.75, 3.05) is 6.61 Å². The average molecular weight is 355 g/mol. The zero-order chi connectivity index (χ0) is 18.0. The summed E-state index contributed by atoms with van der Waals surface area (Å²) in [6, 6.07) is 20.7. The second-order valence-electron chi connectivity index (χ2n) is 7.65. The van der Waals surface area contributed by atoms with E-state index in [9.17, 15) is 4.79 Å². The summed E-state index contributed by atoms with van der Waals surface area (Å²) >= 11 is 0. The lowest BCUT2D eigenvalue weighted by Crippen LogP contribution is -2.69. The third-order valence-corrected chi connectivity index (χ3v) is 10.00. The number of carbonyl (C=O) groups excluding carboxylic acids is 1. The molecule has 1 fully saturated rings. The second-order valence-corrected chi connectivity index (χ2v) is 11.9. The molecule has 1 heterocycles. The molecule has 0 N–H and O–H groups in total. The zero-order valence-electron chi connectivity index (χ0n) is 15.2. The van der Waals surface area contributed by atoms with Gasteiger partial charge in [-0.25, -0.2) is 0 Å². The van der Waals surface area contributed by atoms with Crippen molar-refractivity contribution in [3.05, 3.63) is 60.7 Å². The molecule has 0 spiro atoms. The van der Waals surface area contributed by atoms with E-state index in [0.29, 0.717) is 13.0 Å². The topological polar surface area (TPSA) is 35.5 Å². The van der Waals surface area contributed by atoms with Crippen LogP contribution in [0.2, 0.25) is 5.04 Å². The van der Waals surface area contributed by atoms with E-state index in [0.717, 1.165) is 23.1 Å². The lowest BCUT2D eigenvalue weighted by atomic mass is 10.2. The molecule has 0 bridgehead atoms. The Hall–Kier alpha value is -1.75. The van der Waals surface area contributed by atoms with Gasteiger partial charge in [0.05, 0.1) is 6.61 Å². The highest BCUT2D eigenvalue weighted by Gasteiger charge is 2.55. The van der Waals surface area contributed by atoms with Crippen molar-refractivity contribution >= 4 is 25.0 Å². The smallest absolute Gasteiger partial charge is 0.265 e. The summed E-state index contributed by atoms with van der Waals surface area (Å²) in [5.74, 6) is -1.13. The Kier molecular flexibility index (Phi) is 4.96. The van der Waals surface area contributed by atoms with Crippen molar-refractivity contribution in [1.82, 2.24) is 0 Å². The third kappa shape index (κ3) is 3.22. The number of benzene rings is 2. The number of carbonyl (C=O) groups is 1. The van der Waals surface area contributed by atoms with E-state index in [4.69, 9.17) is 9.16 Å². The van der Waals surface area contributed by atoms with Crippen molar-refractivity contribution < 1.29 is 14.0 Å². The fourth-order valence-electron chi connectivity index (χ4n) is 3.74. The predicted octanol–water partition coefficient (Wildman–Crippen LogP) is 3.27. The monoisotopic (exact) mass is 354 g/mol. The second kappa shape index (κ2) is 6.87. The van der Waals surface area contributed by atoms with E-state index in [-0.39, 0.29) is 5.04 Å². The van der Waals surface area contributed by atoms with Crippen molar-refractivity contribution in [2.45, 2.75) is 44.4 Å². The van der Waals surface area contributed by atoms with Crippen molar-refractivity contribution in [1.29, 1.82) is 0 Å². The standard InChI is InChI=1S/C21H26O3Si/c1-20(2,3)25(18-11-6-4-7-12-18,19-13-8-5-9-14-19)24-21(17-22)15-10-16-23-21/h4-9,11-14,17H,10,15-16H2,1-3H3. The van der Waals surface area contributed by atoms with E-state index >= 15 is 0 Å². The summed E-state index contributed by atoms with van der Waals surface area (Å²) < 4.78 is 12.6. The fourth-order valence-corrected chi connectivity index (χ4v) is 8.40. The van der Waals surface area contributed by atoms with Crippen LogP contribution >= 0.6 is 0 Å². The van der Waals surface area contributed by atoms with Crippen LogP contribution in [0.3, 0.4) is 0 Å². The summed E-state index contributed by atoms with van der Waals surface area (Å²) in [4.78, 5) is 12.0. The largest absolute Gasteiger partial charge is 0.375 e. The fraction of sp³-hybridized carbons (Fsp3) is 0.381. The molecule has 1 aliphatic rings. The van der Waals surface area contributed by atoms with Crippen LogP contribution in [0.4, 0.5) is 0 Å². The number of hydrogen-bond donors (Lipinski definition) is 0. The van der Waals surface area contributed by atoms with Gasteiger partial charge in [0.25, 0.3) is 8.32 Å². The normalized spacial score (nSPS) is 21.2. The maximum absolute atomic E-state index is 12.0. The molecule has 1 aliphatic heterocycles. The molecule has 1 saturated heterocycles. The number of ether oxygens (including phenoxy) is 1. The molecule has 2 aromatic carbocycles. The summed E-state index contributed by atoms with van der Waals surface area (Å²) in [5, 5.41) is 2.15. The van der Waals surface area contributed by atoms with Crippen molar-refractivity contribution in [2.24, 2.45) is 0 Å². The minimum absolute atomic E-state index is 0.169. The molecule has 1 unspecified atom stereocenters. The summed E-state index contributed by atoms with van der Waals surface area (Å²) in [6.45, 7) is 7.17. The molecule has 0 aliphatic carbocycles. The van der Waals surface area contributed by atoms with Crippen LogP contribution in [0.1, 0.15) is 33.6 Å². The van der Waals surface area contributed by atoms with E-state index < -0.39 is 14.1 Å². The summed E-state index contributed by atoms with van der Waals surface area (Å²) in [7, 11) is -2.76. The van der Waals surface area contributed by atoms with Crippen molar-refractivity contribution in [3.63, 3.8) is 0 Å². The van der Waals surface area contributed by atoms with Gasteiger partial charge in [-0.15, -0.1) is 0 Å². The van der Waals surface area contributed by atoms with Gasteiger partial charge < -0.3 is 9.16 Å². The molecule has 0 radical (unpaired) electrons. The van der Waals surface area contributed by atoms with Crippen LogP contribution in [0, 0.1) is 0 Å². The lowest BCUT2D eigenvalue weighted by molar-refractivity contribution is -0.166. The third-order valence-electron chi connectivity index (χ3n) is 4.94. The molecule has 132 valence electrons. The molecule has 3 nitrogen and oxygen atoms in total. The van der Waals surface area contributed by atoms with E-state index in [1.54, 1.807) is 0 Å². The van der Waals surface area contributed by atoms with Gasteiger partial charge in [-0.1, -0.05) is 81.4 Å². The highest BCUT2D eigenvalue weighted by Crippen LogP contribution is 2.41. The SMILES string of the molecule is CC(C)(C)[Si](OC1(C=O)CCCO1)(c1ccccc1)c1ccccc1. The Balaban J connectivity index is 2.24. The van der Waals surface area contributed by atoms with Gasteiger partial charge in [0.15, 0.2) is 6.29 Å². The quantitative estimate of drug-likeness (QED) is 0.611. The number of hydrogen-bond acceptors (Lipinski definition) is 3. The summed E-state index contributed by atoms with van der Waals surface area (Å²) in [5.41, 5.74) is 0. The minimum Gasteiger partial charge on any atom is -0.375 e. The van der Waals surface area contributed by atoms with E-state index in [1.165, 1.54) is 0 Å². The predicted molar refractivity (Wildman–Crippen MR) is 103 cm³/mol. The average Bonchev–Trinajstić information content (AvgIpc) is 3.09. The maximum atomic E-state index is 12.0. The van der Waals surface area contributed by atoms with Gasteiger partial charge in [-0.05, 0) is 21.8 Å². The first-order chi connectivity index (χ1) is 11.9. The van der Waals surface area contributed by atoms with Gasteiger partial charge in [0.2, 0.25) is 5.79 Å². The number of rotatable bonds is 5. The highest BCUT2D eigenvalue weighted by molar-refractivity contribution is 6.99. The summed E-state index contributed by atoms with van der Waals surface area (Å²) in [6.07, 6.45) is 2.32. The Morgan fingerprint density at radius 3 is 1.88 bits per heavy atom. The van der Waals surface area contributed by atoms with Crippen LogP contribution in [0.15, 0.2) is 60.7 Å². The van der Waals surface area contributed by atoms with E-state index in [2.05, 4.69) is 45.0 Å². The van der Waals surface area contributed by atoms with Crippen LogP contribution < -0.4 is 10.4 Å². The first-order valence-corrected chi connectivity index (χ1v) is 10.8. The molecule has 4 heteroatoms. The van der Waals surface area contributed by atoms with E-state index in [1.807, 2.05) is 36.4 Å². The van der Waals surface area contributed by atoms with Crippen LogP contribution in [0.5, 0.6) is 0 Å². The molecule has 3 rings (SSSR count). The molecular formula is C21H26O3Si. The van der Waals surface area contributed by atoms with Crippen LogP contribution in [0.25, 0.3) is 0 Å². The van der Waals surface area contributed by atoms with Crippen molar-refractivity contribution in [3.8, 4) is 0 Å². The Bertz CT molecular complexity index is 661. The molecule has 2 aromatic rings. The van der Waals surface area contributed by atoms with Crippen LogP contribution in [-0.2, 0) is 14.0 Å². The Morgan fingerprint density at radius 1 is 1.00 bits per heavy atom. The maximum Gasteiger partial charge on any atom is 0.265 e. The number of aldehydes is 1. The minimum atomic E-state index is -2.76. The van der Waals surface area contributed by atoms with Gasteiger partial charge in [0.1, 0.15) is 0 Å². The first kappa shape index (κ1) is 18.1. The first-order valence-electron chi connectivity index (χ1n) is 8.85. The highest BCUT2D eigenvalue weighted by atomic mass is 28.4. The van der Waals surface area contributed by atoms with Gasteiger partial charge in [-0.2, -0.15) is 0 Å². The molecule has 25 heavy (non-hydrogen) atoms. The lowest BCUT2D eigenvalue weighted by Gasteiger charge is -2.46. The molecule has 0 amide bonds. The Morgan fingerprint density at radius 2 is 1.52 bits per heavy atom. The molecular weight excluding hydrogens is 328 g/mol. The van der Waals surface area contributed by atoms with Gasteiger partial charge in [-0.3, -0.25) is 4.79 Å². The molecule has 0 saturated carbocycles. The molecule has 1 atom stereocenters. The molecule has 0 aromatic heterocycles. The van der Waals surface area contributed by atoms with Crippen LogP contribution in [-0.4, -0.2) is 27.0 Å². The Labute approximate surface area is 151 Å². The van der Waals surface area contributed by atoms with Gasteiger partial charge in [0, 0.05) is 6.42 Å². The zero-order valence-corrected chi connectivity index (χ0v) is 16.2. The van der Waals surface area contributed by atoms with Gasteiger partial charge >= 0.3 is 0 Å².